The molecule has 7 N–H and O–H groups in total. The predicted molar refractivity (Wildman–Crippen MR) is 155 cm³/mol. The normalized spacial score (nSPS) is 59.8. The van der Waals surface area contributed by atoms with Gasteiger partial charge < -0.3 is 44.8 Å². The van der Waals surface area contributed by atoms with Crippen LogP contribution in [-0.4, -0.2) is 105 Å². The number of hydrogen-bond donors (Lipinski definition) is 7. The third-order valence-electron chi connectivity index (χ3n) is 14.3. The van der Waals surface area contributed by atoms with Gasteiger partial charge in [0.05, 0.1) is 31.5 Å². The van der Waals surface area contributed by atoms with Gasteiger partial charge in [-0.25, -0.2) is 0 Å². The molecule has 246 valence electrons. The number of hydrogen-bond acceptors (Lipinski definition) is 10. The molecule has 0 aromatic heterocycles. The van der Waals surface area contributed by atoms with Gasteiger partial charge in [0.2, 0.25) is 0 Å². The molecule has 18 atom stereocenters. The molecular weight excluding hydrogens is 554 g/mol. The van der Waals surface area contributed by atoms with E-state index in [1.165, 1.54) is 25.7 Å². The van der Waals surface area contributed by atoms with Gasteiger partial charge in [0.25, 0.3) is 0 Å². The molecule has 3 heterocycles. The van der Waals surface area contributed by atoms with Crippen molar-refractivity contribution < 1.29 is 44.8 Å². The molecular formula is C33H55NO9. The van der Waals surface area contributed by atoms with E-state index in [0.29, 0.717) is 36.1 Å². The van der Waals surface area contributed by atoms with Crippen LogP contribution in [0.4, 0.5) is 0 Å². The average molecular weight is 610 g/mol. The summed E-state index contributed by atoms with van der Waals surface area (Å²) >= 11 is 0. The number of piperidine rings is 1. The Morgan fingerprint density at radius 2 is 1.63 bits per heavy atom. The molecule has 4 aliphatic carbocycles. The van der Waals surface area contributed by atoms with E-state index in [9.17, 15) is 30.6 Å². The first-order chi connectivity index (χ1) is 20.4. The van der Waals surface area contributed by atoms with E-state index in [0.717, 1.165) is 37.5 Å². The molecule has 7 aliphatic rings. The van der Waals surface area contributed by atoms with Crippen molar-refractivity contribution in [2.24, 2.45) is 52.3 Å². The maximum atomic E-state index is 11.6. The van der Waals surface area contributed by atoms with Crippen LogP contribution in [0.1, 0.15) is 78.6 Å². The maximum absolute atomic E-state index is 11.6. The lowest BCUT2D eigenvalue weighted by molar-refractivity contribution is -0.304. The topological polar surface area (TPSA) is 161 Å². The summed E-state index contributed by atoms with van der Waals surface area (Å²) < 4.78 is 18.3. The second-order valence-corrected chi connectivity index (χ2v) is 16.2. The number of aliphatic hydroxyl groups excluding tert-OH is 6. The third kappa shape index (κ3) is 4.64. The van der Waals surface area contributed by atoms with Gasteiger partial charge in [0.15, 0.2) is 6.29 Å². The van der Waals surface area contributed by atoms with Crippen molar-refractivity contribution in [3.63, 3.8) is 0 Å². The first-order valence-corrected chi connectivity index (χ1v) is 17.1. The van der Waals surface area contributed by atoms with Crippen molar-refractivity contribution in [1.29, 1.82) is 0 Å². The second-order valence-electron chi connectivity index (χ2n) is 16.2. The van der Waals surface area contributed by atoms with E-state index >= 15 is 0 Å². The van der Waals surface area contributed by atoms with Gasteiger partial charge in [-0.15, -0.1) is 0 Å². The minimum Gasteiger partial charge on any atom is -0.394 e. The smallest absolute Gasteiger partial charge is 0.186 e. The molecule has 0 unspecified atom stereocenters. The zero-order valence-electron chi connectivity index (χ0n) is 26.1. The van der Waals surface area contributed by atoms with Gasteiger partial charge in [-0.2, -0.15) is 0 Å². The van der Waals surface area contributed by atoms with Crippen LogP contribution in [0.5, 0.6) is 0 Å². The minimum atomic E-state index is -1.48. The van der Waals surface area contributed by atoms with E-state index in [1.54, 1.807) is 0 Å². The van der Waals surface area contributed by atoms with E-state index in [2.05, 4.69) is 26.1 Å². The first kappa shape index (κ1) is 31.2. The summed E-state index contributed by atoms with van der Waals surface area (Å²) in [5.41, 5.74) is -0.248. The largest absolute Gasteiger partial charge is 0.394 e. The van der Waals surface area contributed by atoms with Gasteiger partial charge in [-0.1, -0.05) is 20.8 Å². The zero-order chi connectivity index (χ0) is 30.5. The van der Waals surface area contributed by atoms with Crippen LogP contribution in [0.3, 0.4) is 0 Å². The van der Waals surface area contributed by atoms with E-state index in [-0.39, 0.29) is 36.1 Å². The Morgan fingerprint density at radius 1 is 0.860 bits per heavy atom. The maximum Gasteiger partial charge on any atom is 0.186 e. The van der Waals surface area contributed by atoms with Crippen molar-refractivity contribution in [3.8, 4) is 0 Å². The molecule has 0 aromatic rings. The molecule has 10 nitrogen and oxygen atoms in total. The van der Waals surface area contributed by atoms with Crippen LogP contribution >= 0.6 is 0 Å². The standard InChI is InChI=1S/C33H55NO9/c1-16-26-23(12-22-20-5-4-18-11-19(36)6-8-31(18,2)21(20)7-9-32(22,26)3)43-33(16)25(37)10-17(13-34-33)15-41-30-29(40)28(39)27(38)24(14-35)42-30/h16-30,34-40H,4-15H2,1-3H3/t16-,17-,18-,19-,20+,21-,22-,23-,24+,25+,26-,27+,28-,29+,30+,31-,32-,33-/m0/s1. The first-order valence-electron chi connectivity index (χ1n) is 17.1. The van der Waals surface area contributed by atoms with Crippen LogP contribution in [0.15, 0.2) is 0 Å². The number of rotatable bonds is 4. The Bertz CT molecular complexity index is 1030. The third-order valence-corrected chi connectivity index (χ3v) is 14.3. The Hall–Kier alpha value is -0.400. The average Bonchev–Trinajstić information content (AvgIpc) is 3.44. The van der Waals surface area contributed by atoms with Gasteiger partial charge in [0, 0.05) is 12.5 Å². The lowest BCUT2D eigenvalue weighted by Gasteiger charge is -2.61. The van der Waals surface area contributed by atoms with Gasteiger partial charge in [0.1, 0.15) is 30.1 Å². The summed E-state index contributed by atoms with van der Waals surface area (Å²) in [6.07, 6.45) is 2.39. The van der Waals surface area contributed by atoms with Crippen molar-refractivity contribution in [3.05, 3.63) is 0 Å². The van der Waals surface area contributed by atoms with E-state index in [1.807, 2.05) is 0 Å². The van der Waals surface area contributed by atoms with Crippen LogP contribution in [0.25, 0.3) is 0 Å². The molecule has 3 saturated heterocycles. The molecule has 1 spiro atoms. The quantitative estimate of drug-likeness (QED) is 0.246. The second kappa shape index (κ2) is 11.1. The van der Waals surface area contributed by atoms with Gasteiger partial charge in [-0.3, -0.25) is 5.32 Å². The molecule has 0 radical (unpaired) electrons. The minimum absolute atomic E-state index is 0.0621. The lowest BCUT2D eigenvalue weighted by Crippen LogP contribution is -2.65. The molecule has 3 aliphatic heterocycles. The molecule has 0 amide bonds. The van der Waals surface area contributed by atoms with Crippen molar-refractivity contribution in [2.45, 2.75) is 133 Å². The summed E-state index contributed by atoms with van der Waals surface area (Å²) in [6, 6.07) is 0. The summed E-state index contributed by atoms with van der Waals surface area (Å²) in [6.45, 7) is 7.58. The molecule has 7 rings (SSSR count). The SMILES string of the molecule is C[C@H]1[C@H]2[C@H](C[C@H]3[C@@H]4CC[C@H]5C[C@@H](O)CC[C@]5(C)[C@H]4CC[C@]23C)O[C@@]12NC[C@@H](CO[C@@H]1O[C@H](CO)[C@@H](O)[C@H](O)[C@H]1O)C[C@H]2O. The van der Waals surface area contributed by atoms with Crippen molar-refractivity contribution >= 4 is 0 Å². The highest BCUT2D eigenvalue weighted by atomic mass is 16.7. The number of fused-ring (bicyclic) bond motifs is 7. The molecule has 43 heavy (non-hydrogen) atoms. The predicted octanol–water partition coefficient (Wildman–Crippen LogP) is 1.13. The lowest BCUT2D eigenvalue weighted by atomic mass is 9.44. The Morgan fingerprint density at radius 3 is 2.37 bits per heavy atom. The molecule has 10 heteroatoms. The van der Waals surface area contributed by atoms with Crippen LogP contribution < -0.4 is 5.32 Å². The summed E-state index contributed by atoms with van der Waals surface area (Å²) in [4.78, 5) is 0. The fraction of sp³-hybridized carbons (Fsp3) is 1.00. The van der Waals surface area contributed by atoms with Crippen molar-refractivity contribution in [1.82, 2.24) is 5.32 Å². The highest BCUT2D eigenvalue weighted by Crippen LogP contribution is 2.71. The van der Waals surface area contributed by atoms with Gasteiger partial charge in [-0.05, 0) is 104 Å². The Balaban J connectivity index is 0.999. The summed E-state index contributed by atoms with van der Waals surface area (Å²) in [7, 11) is 0. The number of nitrogens with one attached hydrogen (secondary N) is 1. The van der Waals surface area contributed by atoms with Gasteiger partial charge >= 0.3 is 0 Å². The van der Waals surface area contributed by atoms with E-state index < -0.39 is 49.1 Å². The number of aliphatic hydroxyl groups is 6. The highest BCUT2D eigenvalue weighted by molar-refractivity contribution is 5.17. The fourth-order valence-corrected chi connectivity index (χ4v) is 12.0. The monoisotopic (exact) mass is 609 g/mol. The Labute approximate surface area is 255 Å². The highest BCUT2D eigenvalue weighted by Gasteiger charge is 2.70. The number of ether oxygens (including phenoxy) is 3. The Kier molecular flexibility index (Phi) is 8.06. The van der Waals surface area contributed by atoms with E-state index in [4.69, 9.17) is 14.2 Å². The van der Waals surface area contributed by atoms with Crippen molar-refractivity contribution in [2.75, 3.05) is 19.8 Å². The van der Waals surface area contributed by atoms with Crippen LogP contribution in [0, 0.1) is 52.3 Å². The molecule has 0 bridgehead atoms. The zero-order valence-corrected chi connectivity index (χ0v) is 26.1. The fourth-order valence-electron chi connectivity index (χ4n) is 12.0. The summed E-state index contributed by atoms with van der Waals surface area (Å²) in [5, 5.41) is 65.5. The van der Waals surface area contributed by atoms with Crippen LogP contribution in [-0.2, 0) is 14.2 Å². The van der Waals surface area contributed by atoms with Crippen LogP contribution in [0.2, 0.25) is 0 Å². The molecule has 4 saturated carbocycles. The summed E-state index contributed by atoms with van der Waals surface area (Å²) in [5.74, 6) is 3.24. The molecule has 0 aromatic carbocycles. The molecule has 7 fully saturated rings.